The number of phenols is 1. The molecule has 2 aromatic carbocycles. The molecule has 0 spiro atoms. The summed E-state index contributed by atoms with van der Waals surface area (Å²) in [5.74, 6) is -9.44. The van der Waals surface area contributed by atoms with Gasteiger partial charge in [-0.1, -0.05) is 17.9 Å². The van der Waals surface area contributed by atoms with Crippen LogP contribution in [0.1, 0.15) is 17.5 Å². The SMILES string of the molecule is CN(C)C[C@H]1C(=O)C(C(N)=O)=C(O)[C@@]2(O)C(=O)C3=C([O-])c4c(O)c(N(O)O)cc(-c5ccc(N(C)C)cc5)c4C[C@H]3C[C@@H]12. The van der Waals surface area contributed by atoms with Crippen molar-refractivity contribution in [1.29, 1.82) is 0 Å². The van der Waals surface area contributed by atoms with Crippen molar-refractivity contribution < 1.29 is 45.2 Å². The van der Waals surface area contributed by atoms with E-state index < -0.39 is 74.9 Å². The van der Waals surface area contributed by atoms with E-state index in [9.17, 15) is 45.2 Å². The largest absolute Gasteiger partial charge is 0.872 e. The summed E-state index contributed by atoms with van der Waals surface area (Å²) in [4.78, 5) is 43.2. The fraction of sp³-hybridized carbons (Fsp3) is 0.367. The fourth-order valence-electron chi connectivity index (χ4n) is 6.77. The lowest BCUT2D eigenvalue weighted by molar-refractivity contribution is -0.246. The van der Waals surface area contributed by atoms with E-state index in [1.807, 2.05) is 31.1 Å². The normalized spacial score (nSPS) is 25.0. The third-order valence-electron chi connectivity index (χ3n) is 8.77. The molecular weight excluding hydrogens is 560 g/mol. The maximum atomic E-state index is 14.1. The van der Waals surface area contributed by atoms with Crippen LogP contribution in [0.15, 0.2) is 47.2 Å². The average molecular weight is 594 g/mol. The van der Waals surface area contributed by atoms with Gasteiger partial charge in [0.25, 0.3) is 5.91 Å². The highest BCUT2D eigenvalue weighted by atomic mass is 16.8. The number of rotatable bonds is 6. The molecule has 1 amide bonds. The number of carbonyl (C=O) groups is 3. The molecule has 0 heterocycles. The molecule has 0 saturated heterocycles. The first-order valence-corrected chi connectivity index (χ1v) is 13.6. The van der Waals surface area contributed by atoms with Gasteiger partial charge in [-0.15, -0.1) is 5.23 Å². The zero-order valence-electron chi connectivity index (χ0n) is 24.0. The Balaban J connectivity index is 1.75. The minimum absolute atomic E-state index is 0.0141. The number of benzene rings is 2. The highest BCUT2D eigenvalue weighted by Crippen LogP contribution is 2.55. The molecule has 2 aromatic rings. The second-order valence-corrected chi connectivity index (χ2v) is 11.8. The number of fused-ring (bicyclic) bond motifs is 3. The van der Waals surface area contributed by atoms with Crippen molar-refractivity contribution in [3.8, 4) is 16.9 Å². The lowest BCUT2D eigenvalue weighted by atomic mass is 9.56. The van der Waals surface area contributed by atoms with E-state index in [2.05, 4.69) is 0 Å². The number of Topliss-reactive ketones (excluding diaryl/α,β-unsaturated/α-hetero) is 2. The van der Waals surface area contributed by atoms with Crippen molar-refractivity contribution in [2.75, 3.05) is 44.9 Å². The molecule has 0 radical (unpaired) electrons. The number of phenolic OH excluding ortho intramolecular Hbond substituents is 1. The van der Waals surface area contributed by atoms with Gasteiger partial charge in [0.2, 0.25) is 0 Å². The van der Waals surface area contributed by atoms with Crippen LogP contribution >= 0.6 is 0 Å². The number of aromatic hydroxyl groups is 1. The van der Waals surface area contributed by atoms with Crippen LogP contribution < -0.4 is 21.0 Å². The van der Waals surface area contributed by atoms with E-state index in [1.54, 1.807) is 31.1 Å². The minimum Gasteiger partial charge on any atom is -0.872 e. The number of carbonyl (C=O) groups excluding carboxylic acids is 3. The second-order valence-electron chi connectivity index (χ2n) is 11.8. The number of primary amides is 1. The number of nitrogens with zero attached hydrogens (tertiary/aromatic N) is 3. The van der Waals surface area contributed by atoms with Gasteiger partial charge in [-0.05, 0) is 73.3 Å². The number of hydrogen-bond donors (Lipinski definition) is 6. The van der Waals surface area contributed by atoms with Crippen LogP contribution in [0.4, 0.5) is 11.4 Å². The maximum absolute atomic E-state index is 14.1. The van der Waals surface area contributed by atoms with Crippen LogP contribution in [0, 0.1) is 17.8 Å². The van der Waals surface area contributed by atoms with Gasteiger partial charge in [-0.25, -0.2) is 0 Å². The summed E-state index contributed by atoms with van der Waals surface area (Å²) in [6, 6.07) is 8.48. The first kappa shape index (κ1) is 30.0. The van der Waals surface area contributed by atoms with E-state index in [0.29, 0.717) is 16.7 Å². The van der Waals surface area contributed by atoms with E-state index in [-0.39, 0.29) is 30.2 Å². The summed E-state index contributed by atoms with van der Waals surface area (Å²) in [5, 5.41) is 67.3. The van der Waals surface area contributed by atoms with Crippen molar-refractivity contribution >= 4 is 34.6 Å². The van der Waals surface area contributed by atoms with E-state index in [1.165, 1.54) is 6.07 Å². The molecule has 228 valence electrons. The molecule has 13 nitrogen and oxygen atoms in total. The first-order valence-electron chi connectivity index (χ1n) is 13.6. The van der Waals surface area contributed by atoms with Crippen LogP contribution in [0.3, 0.4) is 0 Å². The molecule has 1 fully saturated rings. The predicted molar refractivity (Wildman–Crippen MR) is 152 cm³/mol. The van der Waals surface area contributed by atoms with Crippen molar-refractivity contribution in [2.24, 2.45) is 23.5 Å². The number of ketones is 2. The highest BCUT2D eigenvalue weighted by molar-refractivity contribution is 6.23. The third kappa shape index (κ3) is 4.43. The van der Waals surface area contributed by atoms with Gasteiger partial charge in [0.05, 0.1) is 0 Å². The maximum Gasteiger partial charge on any atom is 0.255 e. The Morgan fingerprint density at radius 2 is 1.72 bits per heavy atom. The van der Waals surface area contributed by atoms with Crippen LogP contribution in [0.2, 0.25) is 0 Å². The quantitative estimate of drug-likeness (QED) is 0.198. The second kappa shape index (κ2) is 10.4. The molecule has 43 heavy (non-hydrogen) atoms. The number of aliphatic hydroxyl groups excluding tert-OH is 1. The number of aliphatic hydroxyl groups is 2. The summed E-state index contributed by atoms with van der Waals surface area (Å²) in [5.41, 5.74) is 2.55. The van der Waals surface area contributed by atoms with Gasteiger partial charge in [-0.2, -0.15) is 0 Å². The molecular formula is C30H33N4O9-. The summed E-state index contributed by atoms with van der Waals surface area (Å²) in [6.45, 7) is 0.0200. The van der Waals surface area contributed by atoms with Gasteiger partial charge < -0.3 is 36.0 Å². The van der Waals surface area contributed by atoms with Gasteiger partial charge in [-0.3, -0.25) is 24.8 Å². The summed E-state index contributed by atoms with van der Waals surface area (Å²) in [6.07, 6.45) is -0.0725. The Bertz CT molecular complexity index is 1610. The monoisotopic (exact) mass is 593 g/mol. The standard InChI is InChI=1S/C30H34N4O9/c1-32(2)12-18-19-10-14-9-17-16(13-5-7-15(8-6-13)33(3)4)11-20(34(42)43)25(36)22(17)26(37)21(14)27(38)30(19,41)28(39)23(24(18)35)29(31)40/h5-8,11,14,18-19,36-37,39,41-43H,9-10,12H2,1-4H3,(H2,31,40)/p-1/t14-,18+,19-,30-/m0/s1. The van der Waals surface area contributed by atoms with Gasteiger partial charge >= 0.3 is 0 Å². The molecule has 1 saturated carbocycles. The zero-order valence-corrected chi connectivity index (χ0v) is 24.0. The lowest BCUT2D eigenvalue weighted by Crippen LogP contribution is -2.62. The Morgan fingerprint density at radius 1 is 1.09 bits per heavy atom. The molecule has 0 bridgehead atoms. The number of hydrogen-bond acceptors (Lipinski definition) is 12. The molecule has 13 heteroatoms. The summed E-state index contributed by atoms with van der Waals surface area (Å²) >= 11 is 0. The molecule has 5 rings (SSSR count). The number of anilines is 2. The number of amides is 1. The molecule has 0 unspecified atom stereocenters. The Hall–Kier alpha value is -4.43. The smallest absolute Gasteiger partial charge is 0.255 e. The fourth-order valence-corrected chi connectivity index (χ4v) is 6.77. The highest BCUT2D eigenvalue weighted by Gasteiger charge is 2.63. The molecule has 3 aliphatic rings. The van der Waals surface area contributed by atoms with Gasteiger partial charge in [0.15, 0.2) is 22.9 Å². The summed E-state index contributed by atoms with van der Waals surface area (Å²) in [7, 11) is 7.05. The van der Waals surface area contributed by atoms with E-state index in [0.717, 1.165) is 5.69 Å². The lowest BCUT2D eigenvalue weighted by Gasteiger charge is -2.50. The first-order chi connectivity index (χ1) is 20.1. The average Bonchev–Trinajstić information content (AvgIpc) is 2.92. The minimum atomic E-state index is -2.80. The van der Waals surface area contributed by atoms with Crippen LogP contribution in [-0.2, 0) is 20.8 Å². The topological polar surface area (TPSA) is 211 Å². The Kier molecular flexibility index (Phi) is 7.25. The van der Waals surface area contributed by atoms with E-state index in [4.69, 9.17) is 5.73 Å². The predicted octanol–water partition coefficient (Wildman–Crippen LogP) is 0.332. The van der Waals surface area contributed by atoms with Crippen molar-refractivity contribution in [3.05, 3.63) is 58.4 Å². The number of nitrogens with two attached hydrogens (primary N) is 1. The van der Waals surface area contributed by atoms with Crippen molar-refractivity contribution in [2.45, 2.75) is 18.4 Å². The molecule has 3 aliphatic carbocycles. The van der Waals surface area contributed by atoms with Crippen molar-refractivity contribution in [3.63, 3.8) is 0 Å². The Morgan fingerprint density at radius 3 is 2.26 bits per heavy atom. The van der Waals surface area contributed by atoms with Crippen LogP contribution in [0.5, 0.6) is 5.75 Å². The van der Waals surface area contributed by atoms with Crippen LogP contribution in [0.25, 0.3) is 16.9 Å². The Labute approximate surface area is 246 Å². The van der Waals surface area contributed by atoms with Crippen LogP contribution in [-0.4, -0.2) is 88.4 Å². The van der Waals surface area contributed by atoms with Gasteiger partial charge in [0, 0.05) is 43.7 Å². The molecule has 0 aromatic heterocycles. The van der Waals surface area contributed by atoms with E-state index >= 15 is 0 Å². The summed E-state index contributed by atoms with van der Waals surface area (Å²) < 4.78 is 0. The van der Waals surface area contributed by atoms with Crippen molar-refractivity contribution in [1.82, 2.24) is 4.90 Å². The zero-order chi connectivity index (χ0) is 31.7. The molecule has 0 aliphatic heterocycles. The molecule has 4 atom stereocenters. The molecule has 7 N–H and O–H groups in total. The van der Waals surface area contributed by atoms with Gasteiger partial charge in [0.1, 0.15) is 17.0 Å². The third-order valence-corrected chi connectivity index (χ3v) is 8.77.